The molecule has 13 heavy (non-hydrogen) atoms. The quantitative estimate of drug-likeness (QED) is 0.778. The van der Waals surface area contributed by atoms with Crippen LogP contribution in [-0.4, -0.2) is 11.0 Å². The molecular weight excluding hydrogens is 182 g/mol. The molecule has 0 saturated heterocycles. The van der Waals surface area contributed by atoms with Crippen molar-refractivity contribution >= 4 is 16.5 Å². The topological polar surface area (TPSA) is 50.9 Å². The first kappa shape index (κ1) is 8.97. The highest BCUT2D eigenvalue weighted by atomic mass is 32.1. The maximum absolute atomic E-state index is 5.51. The zero-order chi connectivity index (χ0) is 9.10. The Morgan fingerprint density at radius 2 is 2.31 bits per heavy atom. The van der Waals surface area contributed by atoms with E-state index in [2.05, 4.69) is 10.3 Å². The molecule has 0 spiro atoms. The smallest absolute Gasteiger partial charge is 0.183 e. The molecule has 2 rings (SSSR count). The molecule has 3 N–H and O–H groups in total. The summed E-state index contributed by atoms with van der Waals surface area (Å²) in [5.74, 6) is 0. The van der Waals surface area contributed by atoms with Gasteiger partial charge in [0.1, 0.15) is 0 Å². The van der Waals surface area contributed by atoms with Gasteiger partial charge in [-0.1, -0.05) is 12.8 Å². The van der Waals surface area contributed by atoms with Crippen LogP contribution in [0.2, 0.25) is 0 Å². The van der Waals surface area contributed by atoms with Crippen molar-refractivity contribution in [2.24, 2.45) is 5.73 Å². The van der Waals surface area contributed by atoms with Crippen LogP contribution in [0.5, 0.6) is 0 Å². The zero-order valence-electron chi connectivity index (χ0n) is 7.62. The van der Waals surface area contributed by atoms with Gasteiger partial charge in [-0.25, -0.2) is 4.98 Å². The average Bonchev–Trinajstić information content (AvgIpc) is 2.76. The minimum absolute atomic E-state index is 0.601. The Hall–Kier alpha value is -0.610. The molecule has 0 unspecified atom stereocenters. The molecule has 0 aliphatic heterocycles. The van der Waals surface area contributed by atoms with E-state index in [1.807, 2.05) is 6.20 Å². The number of nitrogens with two attached hydrogens (primary N) is 1. The molecular formula is C9H15N3S. The number of hydrogen-bond donors (Lipinski definition) is 2. The largest absolute Gasteiger partial charge is 0.359 e. The Balaban J connectivity index is 1.92. The second kappa shape index (κ2) is 4.07. The van der Waals surface area contributed by atoms with Gasteiger partial charge in [-0.3, -0.25) is 0 Å². The van der Waals surface area contributed by atoms with E-state index in [-0.39, 0.29) is 0 Å². The van der Waals surface area contributed by atoms with Gasteiger partial charge in [0.2, 0.25) is 0 Å². The third-order valence-electron chi connectivity index (χ3n) is 2.44. The van der Waals surface area contributed by atoms with Gasteiger partial charge in [-0.05, 0) is 12.8 Å². The van der Waals surface area contributed by atoms with E-state index in [0.29, 0.717) is 12.6 Å². The van der Waals surface area contributed by atoms with Gasteiger partial charge in [0, 0.05) is 23.7 Å². The monoisotopic (exact) mass is 197 g/mol. The first-order chi connectivity index (χ1) is 6.38. The summed E-state index contributed by atoms with van der Waals surface area (Å²) in [5, 5.41) is 4.48. The van der Waals surface area contributed by atoms with E-state index in [1.165, 1.54) is 25.7 Å². The Morgan fingerprint density at radius 1 is 1.54 bits per heavy atom. The summed E-state index contributed by atoms with van der Waals surface area (Å²) < 4.78 is 0. The number of aromatic nitrogens is 1. The van der Waals surface area contributed by atoms with Gasteiger partial charge >= 0.3 is 0 Å². The number of nitrogens with zero attached hydrogens (tertiary/aromatic N) is 1. The van der Waals surface area contributed by atoms with Gasteiger partial charge < -0.3 is 11.1 Å². The Labute approximate surface area is 82.4 Å². The van der Waals surface area contributed by atoms with Gasteiger partial charge in [0.15, 0.2) is 5.13 Å². The predicted octanol–water partition coefficient (Wildman–Crippen LogP) is 1.96. The van der Waals surface area contributed by atoms with Crippen molar-refractivity contribution < 1.29 is 0 Å². The van der Waals surface area contributed by atoms with E-state index >= 15 is 0 Å². The third kappa shape index (κ3) is 2.19. The molecule has 0 amide bonds. The van der Waals surface area contributed by atoms with E-state index in [0.717, 1.165) is 10.0 Å². The number of anilines is 1. The molecule has 4 heteroatoms. The van der Waals surface area contributed by atoms with Crippen LogP contribution in [0.1, 0.15) is 30.6 Å². The van der Waals surface area contributed by atoms with Crippen LogP contribution in [-0.2, 0) is 6.54 Å². The average molecular weight is 197 g/mol. The lowest BCUT2D eigenvalue weighted by atomic mass is 10.3. The lowest BCUT2D eigenvalue weighted by molar-refractivity contribution is 0.754. The van der Waals surface area contributed by atoms with Crippen molar-refractivity contribution in [3.63, 3.8) is 0 Å². The van der Waals surface area contributed by atoms with E-state index in [1.54, 1.807) is 11.3 Å². The fraction of sp³-hybridized carbons (Fsp3) is 0.667. The van der Waals surface area contributed by atoms with Crippen LogP contribution in [0.4, 0.5) is 5.13 Å². The van der Waals surface area contributed by atoms with E-state index < -0.39 is 0 Å². The molecule has 0 bridgehead atoms. The van der Waals surface area contributed by atoms with E-state index in [4.69, 9.17) is 5.73 Å². The summed E-state index contributed by atoms with van der Waals surface area (Å²) in [4.78, 5) is 5.43. The number of thiazole rings is 1. The number of rotatable bonds is 3. The first-order valence-electron chi connectivity index (χ1n) is 4.80. The highest BCUT2D eigenvalue weighted by Crippen LogP contribution is 2.24. The number of nitrogens with one attached hydrogen (secondary N) is 1. The Bertz CT molecular complexity index is 266. The molecule has 1 aliphatic carbocycles. The number of hydrogen-bond acceptors (Lipinski definition) is 4. The summed E-state index contributed by atoms with van der Waals surface area (Å²) in [5.41, 5.74) is 5.51. The fourth-order valence-corrected chi connectivity index (χ4v) is 2.48. The van der Waals surface area contributed by atoms with Gasteiger partial charge in [-0.15, -0.1) is 11.3 Å². The van der Waals surface area contributed by atoms with Crippen LogP contribution in [0.25, 0.3) is 0 Å². The summed E-state index contributed by atoms with van der Waals surface area (Å²) in [6.45, 7) is 0.601. The highest BCUT2D eigenvalue weighted by Gasteiger charge is 2.15. The minimum Gasteiger partial charge on any atom is -0.359 e. The lowest BCUT2D eigenvalue weighted by Crippen LogP contribution is -2.13. The lowest BCUT2D eigenvalue weighted by Gasteiger charge is -2.09. The van der Waals surface area contributed by atoms with Crippen molar-refractivity contribution in [3.05, 3.63) is 11.1 Å². The van der Waals surface area contributed by atoms with Crippen LogP contribution >= 0.6 is 11.3 Å². The summed E-state index contributed by atoms with van der Waals surface area (Å²) in [7, 11) is 0. The van der Waals surface area contributed by atoms with E-state index in [9.17, 15) is 0 Å². The van der Waals surface area contributed by atoms with Crippen LogP contribution in [0, 0.1) is 0 Å². The van der Waals surface area contributed by atoms with Crippen LogP contribution < -0.4 is 11.1 Å². The Morgan fingerprint density at radius 3 is 2.92 bits per heavy atom. The maximum Gasteiger partial charge on any atom is 0.183 e. The van der Waals surface area contributed by atoms with Crippen LogP contribution in [0.3, 0.4) is 0 Å². The second-order valence-corrected chi connectivity index (χ2v) is 4.58. The first-order valence-corrected chi connectivity index (χ1v) is 5.61. The Kier molecular flexibility index (Phi) is 2.80. The summed E-state index contributed by atoms with van der Waals surface area (Å²) in [6, 6.07) is 0.650. The minimum atomic E-state index is 0.601. The molecule has 0 atom stereocenters. The third-order valence-corrected chi connectivity index (χ3v) is 3.39. The standard InChI is InChI=1S/C9H15N3S/c10-5-8-6-11-9(13-8)12-7-3-1-2-4-7/h6-7H,1-5,10H2,(H,11,12). The summed E-state index contributed by atoms with van der Waals surface area (Å²) in [6.07, 6.45) is 7.15. The summed E-state index contributed by atoms with van der Waals surface area (Å²) >= 11 is 1.67. The SMILES string of the molecule is NCc1cnc(NC2CCCC2)s1. The molecule has 1 fully saturated rings. The molecule has 1 saturated carbocycles. The van der Waals surface area contributed by atoms with Crippen LogP contribution in [0.15, 0.2) is 6.20 Å². The van der Waals surface area contributed by atoms with Crippen molar-refractivity contribution in [1.29, 1.82) is 0 Å². The van der Waals surface area contributed by atoms with Crippen molar-refractivity contribution in [3.8, 4) is 0 Å². The molecule has 1 heterocycles. The zero-order valence-corrected chi connectivity index (χ0v) is 8.44. The molecule has 3 nitrogen and oxygen atoms in total. The van der Waals surface area contributed by atoms with Gasteiger partial charge in [-0.2, -0.15) is 0 Å². The molecule has 1 aliphatic rings. The molecule has 0 radical (unpaired) electrons. The maximum atomic E-state index is 5.51. The van der Waals surface area contributed by atoms with Crippen molar-refractivity contribution in [2.45, 2.75) is 38.3 Å². The molecule has 0 aromatic carbocycles. The van der Waals surface area contributed by atoms with Crippen molar-refractivity contribution in [2.75, 3.05) is 5.32 Å². The van der Waals surface area contributed by atoms with Crippen molar-refractivity contribution in [1.82, 2.24) is 4.98 Å². The molecule has 1 aromatic rings. The van der Waals surface area contributed by atoms with Gasteiger partial charge in [0.05, 0.1) is 0 Å². The predicted molar refractivity (Wildman–Crippen MR) is 55.9 cm³/mol. The molecule has 72 valence electrons. The fourth-order valence-electron chi connectivity index (χ4n) is 1.71. The normalized spacial score (nSPS) is 17.9. The second-order valence-electron chi connectivity index (χ2n) is 3.46. The highest BCUT2D eigenvalue weighted by molar-refractivity contribution is 7.15. The molecule has 1 aromatic heterocycles. The van der Waals surface area contributed by atoms with Gasteiger partial charge in [0.25, 0.3) is 0 Å².